The molecule has 0 aromatic heterocycles. The minimum absolute atomic E-state index is 0.159. The van der Waals surface area contributed by atoms with Crippen molar-refractivity contribution in [3.05, 3.63) is 23.8 Å². The van der Waals surface area contributed by atoms with E-state index in [1.807, 2.05) is 6.92 Å². The summed E-state index contributed by atoms with van der Waals surface area (Å²) in [7, 11) is 0. The number of carbonyl (C=O) groups is 3. The fraction of sp³-hybridized carbons (Fsp3) is 0.471. The number of hydrogen-bond acceptors (Lipinski definition) is 5. The van der Waals surface area contributed by atoms with Crippen molar-refractivity contribution in [2.24, 2.45) is 0 Å². The van der Waals surface area contributed by atoms with Gasteiger partial charge in [-0.15, -0.1) is 0 Å². The second-order valence-corrected chi connectivity index (χ2v) is 5.49. The van der Waals surface area contributed by atoms with E-state index < -0.39 is 18.6 Å². The van der Waals surface area contributed by atoms with Crippen LogP contribution in [0.3, 0.4) is 0 Å². The van der Waals surface area contributed by atoms with E-state index in [-0.39, 0.29) is 17.6 Å². The molecule has 0 aliphatic carbocycles. The number of carboxylic acid groups (broad SMARTS) is 1. The van der Waals surface area contributed by atoms with Gasteiger partial charge in [0.15, 0.2) is 18.1 Å². The topological polar surface area (TPSA) is 105 Å². The Morgan fingerprint density at radius 3 is 2.68 bits per heavy atom. The Kier molecular flexibility index (Phi) is 6.21. The number of benzene rings is 1. The van der Waals surface area contributed by atoms with E-state index in [0.29, 0.717) is 37.4 Å². The smallest absolute Gasteiger partial charge is 0.341 e. The molecule has 0 unspecified atom stereocenters. The lowest BCUT2D eigenvalue weighted by Crippen LogP contribution is -2.56. The number of nitrogens with zero attached hydrogens (tertiary/aromatic N) is 1. The third-order valence-corrected chi connectivity index (χ3v) is 3.82. The lowest BCUT2D eigenvalue weighted by molar-refractivity contribution is -0.139. The monoisotopic (exact) mass is 350 g/mol. The van der Waals surface area contributed by atoms with Crippen LogP contribution in [0, 0.1) is 0 Å². The number of ether oxygens (including phenoxy) is 2. The highest BCUT2D eigenvalue weighted by Gasteiger charge is 2.32. The summed E-state index contributed by atoms with van der Waals surface area (Å²) in [6, 6.07) is 4.06. The zero-order chi connectivity index (χ0) is 18.4. The molecule has 1 fully saturated rings. The maximum atomic E-state index is 12.8. The normalized spacial score (nSPS) is 17.0. The third-order valence-electron chi connectivity index (χ3n) is 3.82. The summed E-state index contributed by atoms with van der Waals surface area (Å²) in [4.78, 5) is 36.9. The quantitative estimate of drug-likeness (QED) is 0.757. The summed E-state index contributed by atoms with van der Waals surface area (Å²) in [5.41, 5.74) is 0.360. The van der Waals surface area contributed by atoms with Crippen molar-refractivity contribution in [3.8, 4) is 11.5 Å². The van der Waals surface area contributed by atoms with Crippen LogP contribution >= 0.6 is 0 Å². The average molecular weight is 350 g/mol. The zero-order valence-corrected chi connectivity index (χ0v) is 14.3. The highest BCUT2D eigenvalue weighted by atomic mass is 16.5. The van der Waals surface area contributed by atoms with Gasteiger partial charge in [-0.05, 0) is 31.5 Å². The van der Waals surface area contributed by atoms with Crippen LogP contribution in [0.1, 0.15) is 30.6 Å². The van der Waals surface area contributed by atoms with Gasteiger partial charge in [0.2, 0.25) is 5.91 Å². The Labute approximate surface area is 145 Å². The maximum Gasteiger partial charge on any atom is 0.341 e. The summed E-state index contributed by atoms with van der Waals surface area (Å²) in [5, 5.41) is 11.5. The molecule has 1 aromatic rings. The van der Waals surface area contributed by atoms with Crippen LogP contribution in [0.4, 0.5) is 0 Å². The first-order valence-electron chi connectivity index (χ1n) is 8.18. The fourth-order valence-electron chi connectivity index (χ4n) is 2.70. The van der Waals surface area contributed by atoms with Crippen LogP contribution in [0.25, 0.3) is 0 Å². The number of rotatable bonds is 7. The number of carbonyl (C=O) groups excluding carboxylic acids is 2. The minimum Gasteiger partial charge on any atom is -0.490 e. The molecule has 0 saturated carbocycles. The molecule has 1 heterocycles. The molecule has 1 aromatic carbocycles. The molecule has 0 spiro atoms. The predicted octanol–water partition coefficient (Wildman–Crippen LogP) is 0.899. The summed E-state index contributed by atoms with van der Waals surface area (Å²) in [6.07, 6.45) is 0.524. The van der Waals surface area contributed by atoms with Gasteiger partial charge in [-0.2, -0.15) is 0 Å². The van der Waals surface area contributed by atoms with Crippen molar-refractivity contribution in [1.29, 1.82) is 0 Å². The van der Waals surface area contributed by atoms with Gasteiger partial charge in [0.05, 0.1) is 6.61 Å². The van der Waals surface area contributed by atoms with Crippen molar-refractivity contribution >= 4 is 17.8 Å². The summed E-state index contributed by atoms with van der Waals surface area (Å²) in [5.74, 6) is -0.984. The first-order chi connectivity index (χ1) is 12.0. The van der Waals surface area contributed by atoms with Crippen LogP contribution in [-0.2, 0) is 9.59 Å². The molecule has 1 aliphatic rings. The molecule has 25 heavy (non-hydrogen) atoms. The number of hydrogen-bond donors (Lipinski definition) is 2. The van der Waals surface area contributed by atoms with Crippen molar-refractivity contribution in [2.45, 2.75) is 26.3 Å². The van der Waals surface area contributed by atoms with Crippen molar-refractivity contribution < 1.29 is 29.0 Å². The molecule has 2 rings (SSSR count). The first kappa shape index (κ1) is 18.6. The lowest BCUT2D eigenvalue weighted by Gasteiger charge is -2.34. The minimum atomic E-state index is -1.10. The van der Waals surface area contributed by atoms with E-state index >= 15 is 0 Å². The molecule has 2 N–H and O–H groups in total. The first-order valence-corrected chi connectivity index (χ1v) is 8.18. The molecule has 2 amide bonds. The molecule has 0 radical (unpaired) electrons. The fourth-order valence-corrected chi connectivity index (χ4v) is 2.70. The van der Waals surface area contributed by atoms with Crippen LogP contribution in [0.2, 0.25) is 0 Å². The van der Waals surface area contributed by atoms with Gasteiger partial charge in [-0.25, -0.2) is 4.79 Å². The number of piperazine rings is 1. The van der Waals surface area contributed by atoms with Crippen molar-refractivity contribution in [1.82, 2.24) is 10.2 Å². The van der Waals surface area contributed by atoms with Crippen molar-refractivity contribution in [2.75, 3.05) is 26.3 Å². The molecule has 8 heteroatoms. The SMILES string of the molecule is CCOc1cc(C(=O)N2CCNC(=O)[C@@H]2CC)ccc1OCC(=O)O. The van der Waals surface area contributed by atoms with Gasteiger partial charge in [0.25, 0.3) is 5.91 Å². The molecule has 8 nitrogen and oxygen atoms in total. The maximum absolute atomic E-state index is 12.8. The molecule has 1 saturated heterocycles. The van der Waals surface area contributed by atoms with E-state index in [0.717, 1.165) is 0 Å². The van der Waals surface area contributed by atoms with E-state index in [2.05, 4.69) is 5.32 Å². The predicted molar refractivity (Wildman–Crippen MR) is 88.9 cm³/mol. The molecule has 136 valence electrons. The second kappa shape index (κ2) is 8.36. The molecule has 0 bridgehead atoms. The number of nitrogens with one attached hydrogen (secondary N) is 1. The third kappa shape index (κ3) is 4.40. The highest BCUT2D eigenvalue weighted by molar-refractivity contribution is 5.98. The molecule has 1 atom stereocenters. The molecular formula is C17H22N2O6. The Bertz CT molecular complexity index is 661. The standard InChI is InChI=1S/C17H22N2O6/c1-3-12-16(22)18-7-8-19(12)17(23)11-5-6-13(25-10-15(20)21)14(9-11)24-4-2/h5-6,9,12H,3-4,7-8,10H2,1-2H3,(H,18,22)(H,20,21)/t12-/m0/s1. The Morgan fingerprint density at radius 1 is 1.28 bits per heavy atom. The average Bonchev–Trinajstić information content (AvgIpc) is 2.60. The lowest BCUT2D eigenvalue weighted by atomic mass is 10.1. The van der Waals surface area contributed by atoms with Crippen LogP contribution in [0.5, 0.6) is 11.5 Å². The molecule has 1 aliphatic heterocycles. The number of carboxylic acids is 1. The van der Waals surface area contributed by atoms with E-state index in [9.17, 15) is 14.4 Å². The van der Waals surface area contributed by atoms with Crippen molar-refractivity contribution in [3.63, 3.8) is 0 Å². The largest absolute Gasteiger partial charge is 0.490 e. The van der Waals surface area contributed by atoms with Crippen LogP contribution in [0.15, 0.2) is 18.2 Å². The van der Waals surface area contributed by atoms with Gasteiger partial charge >= 0.3 is 5.97 Å². The summed E-state index contributed by atoms with van der Waals surface area (Å²) >= 11 is 0. The van der Waals surface area contributed by atoms with Crippen LogP contribution < -0.4 is 14.8 Å². The second-order valence-electron chi connectivity index (χ2n) is 5.49. The number of amides is 2. The van der Waals surface area contributed by atoms with Gasteiger partial charge in [0, 0.05) is 18.7 Å². The highest BCUT2D eigenvalue weighted by Crippen LogP contribution is 2.29. The number of aliphatic carboxylic acids is 1. The van der Waals surface area contributed by atoms with Gasteiger partial charge in [0.1, 0.15) is 6.04 Å². The van der Waals surface area contributed by atoms with Crippen LogP contribution in [-0.4, -0.2) is 60.1 Å². The van der Waals surface area contributed by atoms with Gasteiger partial charge in [-0.1, -0.05) is 6.92 Å². The van der Waals surface area contributed by atoms with E-state index in [1.165, 1.54) is 12.1 Å². The van der Waals surface area contributed by atoms with E-state index in [4.69, 9.17) is 14.6 Å². The van der Waals surface area contributed by atoms with E-state index in [1.54, 1.807) is 17.9 Å². The summed E-state index contributed by atoms with van der Waals surface area (Å²) in [6.45, 7) is 4.31. The Hall–Kier alpha value is -2.77. The van der Waals surface area contributed by atoms with Gasteiger partial charge in [-0.3, -0.25) is 9.59 Å². The Morgan fingerprint density at radius 2 is 2.04 bits per heavy atom. The summed E-state index contributed by atoms with van der Waals surface area (Å²) < 4.78 is 10.6. The molecular weight excluding hydrogens is 328 g/mol. The Balaban J connectivity index is 2.25. The zero-order valence-electron chi connectivity index (χ0n) is 14.3. The van der Waals surface area contributed by atoms with Gasteiger partial charge < -0.3 is 24.8 Å².